The van der Waals surface area contributed by atoms with Gasteiger partial charge in [0.1, 0.15) is 5.69 Å². The molecule has 0 aliphatic carbocycles. The fourth-order valence-corrected chi connectivity index (χ4v) is 2.20. The van der Waals surface area contributed by atoms with E-state index in [-0.39, 0.29) is 12.3 Å². The van der Waals surface area contributed by atoms with Crippen molar-refractivity contribution in [1.82, 2.24) is 18.7 Å². The fourth-order valence-electron chi connectivity index (χ4n) is 1.77. The minimum atomic E-state index is 0.141. The van der Waals surface area contributed by atoms with Crippen LogP contribution >= 0.6 is 12.3 Å². The van der Waals surface area contributed by atoms with Crippen molar-refractivity contribution in [3.05, 3.63) is 36.5 Å². The Kier molecular flexibility index (Phi) is 2.36. The van der Waals surface area contributed by atoms with Gasteiger partial charge in [-0.25, -0.2) is 8.96 Å². The first-order valence-electron chi connectivity index (χ1n) is 5.06. The Balaban J connectivity index is 2.29. The highest BCUT2D eigenvalue weighted by Crippen LogP contribution is 2.28. The molecule has 6 heteroatoms. The van der Waals surface area contributed by atoms with E-state index in [4.69, 9.17) is 0 Å². The van der Waals surface area contributed by atoms with E-state index in [2.05, 4.69) is 10.1 Å². The number of nitrogens with zero attached hydrogens (tertiary/aromatic N) is 4. The molecule has 2 aromatic heterocycles. The molecule has 0 unspecified atom stereocenters. The van der Waals surface area contributed by atoms with Gasteiger partial charge in [0, 0.05) is 13.2 Å². The van der Waals surface area contributed by atoms with Crippen molar-refractivity contribution in [1.29, 1.82) is 0 Å². The SMILES string of the molecule is Cn1ccc(-c2nc3ccccc3n2SF)n1. The Bertz CT molecular complexity index is 673. The lowest BCUT2D eigenvalue weighted by Gasteiger charge is -1.98. The molecule has 0 saturated heterocycles. The number of aromatic nitrogens is 4. The normalized spacial score (nSPS) is 11.2. The van der Waals surface area contributed by atoms with Crippen molar-refractivity contribution in [2.24, 2.45) is 7.05 Å². The molecule has 0 aliphatic rings. The van der Waals surface area contributed by atoms with Crippen LogP contribution in [-0.2, 0) is 7.05 Å². The third-order valence-corrected chi connectivity index (χ3v) is 3.04. The molecule has 0 atom stereocenters. The van der Waals surface area contributed by atoms with E-state index in [0.29, 0.717) is 11.5 Å². The van der Waals surface area contributed by atoms with Gasteiger partial charge in [0.2, 0.25) is 0 Å². The highest BCUT2D eigenvalue weighted by Gasteiger charge is 2.14. The molecule has 0 amide bonds. The minimum absolute atomic E-state index is 0.141. The molecule has 17 heavy (non-hydrogen) atoms. The second kappa shape index (κ2) is 3.89. The molecule has 86 valence electrons. The summed E-state index contributed by atoms with van der Waals surface area (Å²) in [6.45, 7) is 0. The first-order chi connectivity index (χ1) is 8.29. The number of rotatable bonds is 2. The van der Waals surface area contributed by atoms with E-state index in [1.54, 1.807) is 4.68 Å². The van der Waals surface area contributed by atoms with Crippen LogP contribution in [0.15, 0.2) is 36.5 Å². The molecule has 0 N–H and O–H groups in total. The Morgan fingerprint density at radius 2 is 2.06 bits per heavy atom. The highest BCUT2D eigenvalue weighted by molar-refractivity contribution is 7.93. The first-order valence-corrected chi connectivity index (χ1v) is 5.73. The number of imidazole rings is 1. The molecule has 4 nitrogen and oxygen atoms in total. The predicted octanol–water partition coefficient (Wildman–Crippen LogP) is 2.82. The Morgan fingerprint density at radius 1 is 1.24 bits per heavy atom. The summed E-state index contributed by atoms with van der Waals surface area (Å²) in [5, 5.41) is 4.24. The maximum absolute atomic E-state index is 13.0. The van der Waals surface area contributed by atoms with Gasteiger partial charge >= 0.3 is 0 Å². The van der Waals surface area contributed by atoms with Crippen LogP contribution in [0.1, 0.15) is 0 Å². The molecule has 0 aliphatic heterocycles. The molecular formula is C11H9FN4S. The standard InChI is InChI=1S/C11H9FN4S/c1-15-7-6-9(14-15)11-13-8-4-2-3-5-10(8)16(11)17-12/h2-7H,1H3. The molecule has 0 fully saturated rings. The second-order valence-corrected chi connectivity index (χ2v) is 4.17. The monoisotopic (exact) mass is 248 g/mol. The van der Waals surface area contributed by atoms with Crippen LogP contribution in [0.5, 0.6) is 0 Å². The zero-order chi connectivity index (χ0) is 11.8. The van der Waals surface area contributed by atoms with Gasteiger partial charge in [0.05, 0.1) is 11.0 Å². The summed E-state index contributed by atoms with van der Waals surface area (Å²) in [5.74, 6) is 0.527. The molecule has 1 aromatic carbocycles. The maximum atomic E-state index is 13.0. The van der Waals surface area contributed by atoms with Crippen LogP contribution in [0.3, 0.4) is 0 Å². The van der Waals surface area contributed by atoms with Gasteiger partial charge in [-0.2, -0.15) is 5.10 Å². The lowest BCUT2D eigenvalue weighted by atomic mass is 10.3. The van der Waals surface area contributed by atoms with Crippen molar-refractivity contribution in [3.8, 4) is 11.5 Å². The lowest BCUT2D eigenvalue weighted by molar-refractivity contribution is 0.768. The van der Waals surface area contributed by atoms with E-state index in [0.717, 1.165) is 11.0 Å². The maximum Gasteiger partial charge on any atom is 0.173 e. The van der Waals surface area contributed by atoms with Crippen LogP contribution in [0.25, 0.3) is 22.6 Å². The van der Waals surface area contributed by atoms with Gasteiger partial charge in [-0.1, -0.05) is 12.1 Å². The van der Waals surface area contributed by atoms with Gasteiger partial charge in [0.25, 0.3) is 0 Å². The van der Waals surface area contributed by atoms with E-state index in [1.165, 1.54) is 3.97 Å². The molecule has 2 heterocycles. The highest BCUT2D eigenvalue weighted by atomic mass is 32.2. The van der Waals surface area contributed by atoms with Gasteiger partial charge in [0.15, 0.2) is 18.2 Å². The first kappa shape index (κ1) is 10.3. The zero-order valence-corrected chi connectivity index (χ0v) is 9.86. The predicted molar refractivity (Wildman–Crippen MR) is 66.0 cm³/mol. The summed E-state index contributed by atoms with van der Waals surface area (Å²) in [4.78, 5) is 4.39. The summed E-state index contributed by atoms with van der Waals surface area (Å²) in [6, 6.07) is 9.24. The summed E-state index contributed by atoms with van der Waals surface area (Å²) in [5.41, 5.74) is 2.17. The minimum Gasteiger partial charge on any atom is -0.275 e. The van der Waals surface area contributed by atoms with Crippen LogP contribution in [0.2, 0.25) is 0 Å². The smallest absolute Gasteiger partial charge is 0.173 e. The number of fused-ring (bicyclic) bond motifs is 1. The number of halogens is 1. The lowest BCUT2D eigenvalue weighted by Crippen LogP contribution is -1.92. The van der Waals surface area contributed by atoms with Crippen LogP contribution in [0.4, 0.5) is 3.89 Å². The van der Waals surface area contributed by atoms with Gasteiger partial charge in [-0.15, -0.1) is 3.89 Å². The molecule has 0 spiro atoms. The molecule has 0 bridgehead atoms. The average molecular weight is 248 g/mol. The molecule has 3 aromatic rings. The molecule has 0 radical (unpaired) electrons. The van der Waals surface area contributed by atoms with Crippen molar-refractivity contribution in [2.45, 2.75) is 0 Å². The van der Waals surface area contributed by atoms with E-state index in [1.807, 2.05) is 43.6 Å². The summed E-state index contributed by atoms with van der Waals surface area (Å²) in [7, 11) is 1.82. The zero-order valence-electron chi connectivity index (χ0n) is 9.04. The van der Waals surface area contributed by atoms with Gasteiger partial charge in [-0.3, -0.25) is 4.68 Å². The number of para-hydroxylation sites is 2. The van der Waals surface area contributed by atoms with Crippen molar-refractivity contribution >= 4 is 23.4 Å². The Labute approximate surface area is 102 Å². The van der Waals surface area contributed by atoms with Crippen molar-refractivity contribution < 1.29 is 3.89 Å². The summed E-state index contributed by atoms with van der Waals surface area (Å²) >= 11 is 0.141. The van der Waals surface area contributed by atoms with Gasteiger partial charge < -0.3 is 0 Å². The van der Waals surface area contributed by atoms with Gasteiger partial charge in [-0.05, 0) is 18.2 Å². The largest absolute Gasteiger partial charge is 0.275 e. The quantitative estimate of drug-likeness (QED) is 0.699. The van der Waals surface area contributed by atoms with E-state index in [9.17, 15) is 3.89 Å². The van der Waals surface area contributed by atoms with Crippen LogP contribution < -0.4 is 0 Å². The Hall–Kier alpha value is -1.82. The fraction of sp³-hybridized carbons (Fsp3) is 0.0909. The molecule has 3 rings (SSSR count). The summed E-state index contributed by atoms with van der Waals surface area (Å²) < 4.78 is 16.2. The number of aryl methyl sites for hydroxylation is 1. The molecular weight excluding hydrogens is 239 g/mol. The van der Waals surface area contributed by atoms with Crippen molar-refractivity contribution in [3.63, 3.8) is 0 Å². The molecule has 0 saturated carbocycles. The van der Waals surface area contributed by atoms with Crippen LogP contribution in [-0.4, -0.2) is 18.7 Å². The van der Waals surface area contributed by atoms with Crippen LogP contribution in [0, 0.1) is 0 Å². The number of benzene rings is 1. The van der Waals surface area contributed by atoms with E-state index >= 15 is 0 Å². The second-order valence-electron chi connectivity index (χ2n) is 3.66. The number of hydrogen-bond donors (Lipinski definition) is 0. The van der Waals surface area contributed by atoms with E-state index < -0.39 is 0 Å². The third-order valence-electron chi connectivity index (χ3n) is 2.53. The topological polar surface area (TPSA) is 35.6 Å². The Morgan fingerprint density at radius 3 is 2.76 bits per heavy atom. The number of hydrogen-bond acceptors (Lipinski definition) is 3. The summed E-state index contributed by atoms with van der Waals surface area (Å²) in [6.07, 6.45) is 1.81. The third kappa shape index (κ3) is 1.61. The van der Waals surface area contributed by atoms with Crippen molar-refractivity contribution in [2.75, 3.05) is 0 Å². The average Bonchev–Trinajstić information content (AvgIpc) is 2.91.